The van der Waals surface area contributed by atoms with Gasteiger partial charge in [-0.25, -0.2) is 9.78 Å². The number of aromatic nitrogens is 2. The largest absolute Gasteiger partial charge is 0.444 e. The maximum Gasteiger partial charge on any atom is 0.415 e. The Hall–Kier alpha value is -3.46. The number of anilines is 2. The van der Waals surface area contributed by atoms with Crippen molar-refractivity contribution in [3.05, 3.63) is 59.8 Å². The number of rotatable bonds is 10. The number of hydrogen-bond donors (Lipinski definition) is 1. The van der Waals surface area contributed by atoms with E-state index in [1.165, 1.54) is 30.9 Å². The molecule has 2 amide bonds. The first-order valence-corrected chi connectivity index (χ1v) is 13.8. The smallest absolute Gasteiger partial charge is 0.415 e. The van der Waals surface area contributed by atoms with Gasteiger partial charge in [0.05, 0.1) is 11.6 Å². The van der Waals surface area contributed by atoms with Crippen LogP contribution in [0.15, 0.2) is 43.1 Å². The molecular weight excluding hydrogens is 480 g/mol. The van der Waals surface area contributed by atoms with Gasteiger partial charge in [0.2, 0.25) is 11.9 Å². The third kappa shape index (κ3) is 5.83. The fourth-order valence-electron chi connectivity index (χ4n) is 5.36. The van der Waals surface area contributed by atoms with E-state index in [0.717, 1.165) is 49.6 Å². The number of hydrogen-bond acceptors (Lipinski definition) is 7. The van der Waals surface area contributed by atoms with E-state index in [1.807, 2.05) is 11.8 Å². The van der Waals surface area contributed by atoms with Gasteiger partial charge in [0, 0.05) is 45.0 Å². The number of carbonyl (C=O) groups is 2. The van der Waals surface area contributed by atoms with Crippen LogP contribution in [0.2, 0.25) is 0 Å². The number of amides is 2. The van der Waals surface area contributed by atoms with Crippen molar-refractivity contribution in [1.82, 2.24) is 19.8 Å². The Kier molecular flexibility index (Phi) is 7.93. The predicted molar refractivity (Wildman–Crippen MR) is 147 cm³/mol. The number of nitrogens with zero attached hydrogens (tertiary/aromatic N) is 5. The van der Waals surface area contributed by atoms with Crippen LogP contribution in [0.5, 0.6) is 0 Å². The van der Waals surface area contributed by atoms with Gasteiger partial charge in [-0.3, -0.25) is 14.6 Å². The van der Waals surface area contributed by atoms with Crippen molar-refractivity contribution in [2.45, 2.75) is 58.2 Å². The van der Waals surface area contributed by atoms with Crippen molar-refractivity contribution < 1.29 is 14.3 Å². The standard InChI is InChI=1S/C29H38N6O3/c1-4-12-35-27-24(19-38-29(35)37)18-30-28(32-27)31-20(3)22-8-10-23(11-9-22)25(17-21-6-7-21)33-13-15-34(16-14-33)26(36)5-2/h5,8-11,18,20-21,25H,2,4,6-7,12-17,19H2,1,3H3,(H,30,31,32)/t20-,25?/m0/s1. The highest BCUT2D eigenvalue weighted by Gasteiger charge is 2.32. The van der Waals surface area contributed by atoms with Gasteiger partial charge >= 0.3 is 6.09 Å². The number of fused-ring (bicyclic) bond motifs is 1. The zero-order valence-corrected chi connectivity index (χ0v) is 22.4. The van der Waals surface area contributed by atoms with E-state index in [2.05, 4.69) is 58.0 Å². The molecule has 3 aliphatic rings. The fraction of sp³-hybridized carbons (Fsp3) is 0.517. The summed E-state index contributed by atoms with van der Waals surface area (Å²) in [5, 5.41) is 3.40. The molecule has 38 heavy (non-hydrogen) atoms. The van der Waals surface area contributed by atoms with Crippen molar-refractivity contribution in [3.8, 4) is 0 Å². The van der Waals surface area contributed by atoms with Gasteiger partial charge in [-0.15, -0.1) is 0 Å². The molecule has 0 radical (unpaired) electrons. The molecule has 9 heteroatoms. The van der Waals surface area contributed by atoms with E-state index in [1.54, 1.807) is 11.1 Å². The second-order valence-electron chi connectivity index (χ2n) is 10.5. The minimum Gasteiger partial charge on any atom is -0.444 e. The molecule has 1 saturated heterocycles. The zero-order valence-electron chi connectivity index (χ0n) is 22.4. The first kappa shape index (κ1) is 26.2. The number of nitrogens with one attached hydrogen (secondary N) is 1. The molecule has 1 aliphatic carbocycles. The minimum atomic E-state index is -0.359. The van der Waals surface area contributed by atoms with E-state index < -0.39 is 0 Å². The van der Waals surface area contributed by atoms with Crippen molar-refractivity contribution in [2.24, 2.45) is 5.92 Å². The SMILES string of the molecule is C=CC(=O)N1CCN(C(CC2CC2)c2ccc([C@H](C)Nc3ncc4c(n3)N(CCC)C(=O)OC4)cc2)CC1. The highest BCUT2D eigenvalue weighted by Crippen LogP contribution is 2.40. The lowest BCUT2D eigenvalue weighted by Gasteiger charge is -2.39. The topological polar surface area (TPSA) is 90.9 Å². The molecule has 5 rings (SSSR count). The van der Waals surface area contributed by atoms with Gasteiger partial charge < -0.3 is 15.0 Å². The van der Waals surface area contributed by atoms with E-state index in [-0.39, 0.29) is 24.6 Å². The molecular formula is C29H38N6O3. The Bertz CT molecular complexity index is 1160. The van der Waals surface area contributed by atoms with Crippen molar-refractivity contribution in [3.63, 3.8) is 0 Å². The highest BCUT2D eigenvalue weighted by molar-refractivity contribution is 5.89. The molecule has 1 aromatic carbocycles. The molecule has 2 atom stereocenters. The van der Waals surface area contributed by atoms with Crippen LogP contribution in [-0.4, -0.2) is 64.5 Å². The maximum atomic E-state index is 12.2. The fourth-order valence-corrected chi connectivity index (χ4v) is 5.36. The van der Waals surface area contributed by atoms with Gasteiger partial charge in [-0.1, -0.05) is 50.6 Å². The average Bonchev–Trinajstić information content (AvgIpc) is 3.77. The molecule has 202 valence electrons. The maximum absolute atomic E-state index is 12.2. The molecule has 0 spiro atoms. The van der Waals surface area contributed by atoms with Crippen LogP contribution in [0, 0.1) is 5.92 Å². The van der Waals surface area contributed by atoms with Crippen LogP contribution >= 0.6 is 0 Å². The summed E-state index contributed by atoms with van der Waals surface area (Å²) in [5.41, 5.74) is 3.29. The van der Waals surface area contributed by atoms with Gasteiger partial charge in [0.15, 0.2) is 0 Å². The zero-order chi connectivity index (χ0) is 26.6. The molecule has 0 bridgehead atoms. The van der Waals surface area contributed by atoms with Gasteiger partial charge in [-0.05, 0) is 42.9 Å². The van der Waals surface area contributed by atoms with E-state index in [4.69, 9.17) is 4.74 Å². The summed E-state index contributed by atoms with van der Waals surface area (Å²) in [6, 6.07) is 9.22. The van der Waals surface area contributed by atoms with Crippen LogP contribution in [0.4, 0.5) is 16.6 Å². The monoisotopic (exact) mass is 518 g/mol. The lowest BCUT2D eigenvalue weighted by molar-refractivity contribution is -0.128. The lowest BCUT2D eigenvalue weighted by atomic mass is 9.96. The Morgan fingerprint density at radius 2 is 1.89 bits per heavy atom. The second-order valence-corrected chi connectivity index (χ2v) is 10.5. The van der Waals surface area contributed by atoms with E-state index >= 15 is 0 Å². The normalized spacial score (nSPS) is 19.4. The summed E-state index contributed by atoms with van der Waals surface area (Å²) < 4.78 is 5.24. The number of benzene rings is 1. The molecule has 1 aromatic heterocycles. The Morgan fingerprint density at radius 3 is 2.55 bits per heavy atom. The van der Waals surface area contributed by atoms with Crippen LogP contribution in [0.1, 0.15) is 68.3 Å². The molecule has 2 aliphatic heterocycles. The third-order valence-electron chi connectivity index (χ3n) is 7.78. The summed E-state index contributed by atoms with van der Waals surface area (Å²) in [4.78, 5) is 39.4. The Labute approximate surface area is 224 Å². The molecule has 2 aromatic rings. The highest BCUT2D eigenvalue weighted by atomic mass is 16.6. The first-order valence-electron chi connectivity index (χ1n) is 13.8. The van der Waals surface area contributed by atoms with E-state index in [0.29, 0.717) is 24.4 Å². The van der Waals surface area contributed by atoms with Crippen molar-refractivity contribution in [1.29, 1.82) is 0 Å². The average molecular weight is 519 g/mol. The quantitative estimate of drug-likeness (QED) is 0.457. The summed E-state index contributed by atoms with van der Waals surface area (Å²) in [6.45, 7) is 11.8. The lowest BCUT2D eigenvalue weighted by Crippen LogP contribution is -2.49. The number of cyclic esters (lactones) is 1. The Balaban J connectivity index is 1.26. The molecule has 1 N–H and O–H groups in total. The number of piperazine rings is 1. The summed E-state index contributed by atoms with van der Waals surface area (Å²) in [7, 11) is 0. The van der Waals surface area contributed by atoms with Crippen LogP contribution in [0.3, 0.4) is 0 Å². The molecule has 3 heterocycles. The molecule has 9 nitrogen and oxygen atoms in total. The van der Waals surface area contributed by atoms with E-state index in [9.17, 15) is 9.59 Å². The van der Waals surface area contributed by atoms with Gasteiger partial charge in [0.1, 0.15) is 12.4 Å². The number of carbonyl (C=O) groups excluding carboxylic acids is 2. The molecule has 1 unspecified atom stereocenters. The van der Waals surface area contributed by atoms with Crippen molar-refractivity contribution in [2.75, 3.05) is 42.9 Å². The summed E-state index contributed by atoms with van der Waals surface area (Å²) >= 11 is 0. The Morgan fingerprint density at radius 1 is 1.18 bits per heavy atom. The summed E-state index contributed by atoms with van der Waals surface area (Å²) in [6.07, 6.45) is 7.41. The predicted octanol–water partition coefficient (Wildman–Crippen LogP) is 4.69. The third-order valence-corrected chi connectivity index (χ3v) is 7.78. The molecule has 2 fully saturated rings. The molecule has 1 saturated carbocycles. The van der Waals surface area contributed by atoms with Crippen LogP contribution in [-0.2, 0) is 16.1 Å². The van der Waals surface area contributed by atoms with Crippen molar-refractivity contribution >= 4 is 23.8 Å². The van der Waals surface area contributed by atoms with Crippen LogP contribution in [0.25, 0.3) is 0 Å². The van der Waals surface area contributed by atoms with Gasteiger partial charge in [0.25, 0.3) is 0 Å². The van der Waals surface area contributed by atoms with Gasteiger partial charge in [-0.2, -0.15) is 4.98 Å². The summed E-state index contributed by atoms with van der Waals surface area (Å²) in [5.74, 6) is 1.95. The second kappa shape index (κ2) is 11.5. The minimum absolute atomic E-state index is 0.00684. The van der Waals surface area contributed by atoms with Crippen LogP contribution < -0.4 is 10.2 Å². The number of ether oxygens (including phenoxy) is 1. The first-order chi connectivity index (χ1) is 18.5.